The smallest absolute Gasteiger partial charge is 0.410 e. The fraction of sp³-hybridized carbons (Fsp3) is 0.611. The first-order valence-corrected chi connectivity index (χ1v) is 8.79. The lowest BCUT2D eigenvalue weighted by Gasteiger charge is -2.42. The maximum atomic E-state index is 12.3. The van der Waals surface area contributed by atoms with Crippen LogP contribution in [0.1, 0.15) is 33.3 Å². The van der Waals surface area contributed by atoms with Crippen LogP contribution >= 0.6 is 0 Å². The molecule has 26 heavy (non-hydrogen) atoms. The fourth-order valence-corrected chi connectivity index (χ4v) is 3.04. The first kappa shape index (κ1) is 20.0. The second-order valence-corrected chi connectivity index (χ2v) is 7.38. The van der Waals surface area contributed by atoms with E-state index in [9.17, 15) is 20.0 Å². The molecule has 8 heteroatoms. The maximum absolute atomic E-state index is 12.3. The first-order valence-electron chi connectivity index (χ1n) is 8.79. The minimum Gasteiger partial charge on any atom is -0.444 e. The highest BCUT2D eigenvalue weighted by atomic mass is 16.6. The van der Waals surface area contributed by atoms with Crippen LogP contribution in [0.3, 0.4) is 0 Å². The summed E-state index contributed by atoms with van der Waals surface area (Å²) in [7, 11) is 0. The molecule has 1 aliphatic heterocycles. The molecular formula is C18H27N3O5. The minimum absolute atomic E-state index is 0.113. The number of aliphatic hydroxyl groups excluding tert-OH is 1. The molecule has 1 atom stereocenters. The largest absolute Gasteiger partial charge is 0.444 e. The highest BCUT2D eigenvalue weighted by Crippen LogP contribution is 2.27. The van der Waals surface area contributed by atoms with Gasteiger partial charge in [0.2, 0.25) is 0 Å². The van der Waals surface area contributed by atoms with Gasteiger partial charge in [-0.15, -0.1) is 0 Å². The molecule has 1 aliphatic rings. The fourth-order valence-electron chi connectivity index (χ4n) is 3.04. The number of piperazine rings is 1. The van der Waals surface area contributed by atoms with Crippen LogP contribution in [-0.4, -0.2) is 58.9 Å². The summed E-state index contributed by atoms with van der Waals surface area (Å²) >= 11 is 0. The van der Waals surface area contributed by atoms with E-state index in [2.05, 4.69) is 0 Å². The van der Waals surface area contributed by atoms with Gasteiger partial charge in [0.05, 0.1) is 17.6 Å². The Balaban J connectivity index is 2.15. The van der Waals surface area contributed by atoms with Crippen LogP contribution in [0.4, 0.5) is 16.2 Å². The number of nitro benzene ring substituents is 1. The number of benzene rings is 1. The van der Waals surface area contributed by atoms with Gasteiger partial charge in [0.25, 0.3) is 5.69 Å². The van der Waals surface area contributed by atoms with Crippen LogP contribution in [0.2, 0.25) is 0 Å². The van der Waals surface area contributed by atoms with Crippen molar-refractivity contribution in [2.24, 2.45) is 0 Å². The Morgan fingerprint density at radius 1 is 1.38 bits per heavy atom. The average Bonchev–Trinajstić information content (AvgIpc) is 2.58. The number of rotatable bonds is 4. The van der Waals surface area contributed by atoms with Gasteiger partial charge in [0.15, 0.2) is 0 Å². The standard InChI is InChI=1S/C18H27N3O5/c1-5-13-10-14(6-7-16(13)21(24)25)19-8-9-20(15(11-19)12-22)17(23)26-18(2,3)4/h6-7,10,15,22H,5,8-9,11-12H2,1-4H3/t15-/m1/s1. The van der Waals surface area contributed by atoms with Gasteiger partial charge in [0, 0.05) is 37.0 Å². The second-order valence-electron chi connectivity index (χ2n) is 7.38. The van der Waals surface area contributed by atoms with Crippen LogP contribution < -0.4 is 4.90 Å². The summed E-state index contributed by atoms with van der Waals surface area (Å²) in [6.07, 6.45) is 0.125. The van der Waals surface area contributed by atoms with E-state index in [4.69, 9.17) is 4.74 Å². The summed E-state index contributed by atoms with van der Waals surface area (Å²) in [6, 6.07) is 4.66. The number of hydrogen-bond donors (Lipinski definition) is 1. The van der Waals surface area contributed by atoms with Gasteiger partial charge < -0.3 is 14.7 Å². The average molecular weight is 365 g/mol. The Kier molecular flexibility index (Phi) is 6.07. The number of carbonyl (C=O) groups excluding carboxylic acids is 1. The summed E-state index contributed by atoms with van der Waals surface area (Å²) in [4.78, 5) is 26.7. The van der Waals surface area contributed by atoms with Crippen LogP contribution in [0, 0.1) is 10.1 Å². The van der Waals surface area contributed by atoms with Crippen molar-refractivity contribution in [3.8, 4) is 0 Å². The minimum atomic E-state index is -0.595. The topological polar surface area (TPSA) is 96.2 Å². The molecule has 0 bridgehead atoms. The molecule has 1 aromatic carbocycles. The zero-order chi connectivity index (χ0) is 19.5. The molecule has 0 aliphatic carbocycles. The molecule has 1 aromatic rings. The van der Waals surface area contributed by atoms with E-state index >= 15 is 0 Å². The molecule has 144 valence electrons. The lowest BCUT2D eigenvalue weighted by atomic mass is 10.1. The highest BCUT2D eigenvalue weighted by molar-refractivity contribution is 5.69. The lowest BCUT2D eigenvalue weighted by molar-refractivity contribution is -0.385. The molecule has 0 radical (unpaired) electrons. The van der Waals surface area contributed by atoms with Crippen LogP contribution in [0.5, 0.6) is 0 Å². The Morgan fingerprint density at radius 3 is 2.62 bits per heavy atom. The number of nitrogens with zero attached hydrogens (tertiary/aromatic N) is 3. The zero-order valence-corrected chi connectivity index (χ0v) is 15.8. The van der Waals surface area contributed by atoms with Crippen molar-refractivity contribution in [2.45, 2.75) is 45.8 Å². The SMILES string of the molecule is CCc1cc(N2CCN(C(=O)OC(C)(C)C)[C@@H](CO)C2)ccc1[N+](=O)[O-]. The van der Waals surface area contributed by atoms with Crippen molar-refractivity contribution in [1.82, 2.24) is 4.90 Å². The van der Waals surface area contributed by atoms with Crippen molar-refractivity contribution < 1.29 is 19.6 Å². The molecule has 1 fully saturated rings. The van der Waals surface area contributed by atoms with Crippen molar-refractivity contribution in [3.05, 3.63) is 33.9 Å². The first-order chi connectivity index (χ1) is 12.2. The van der Waals surface area contributed by atoms with Crippen molar-refractivity contribution >= 4 is 17.5 Å². The number of carbonyl (C=O) groups is 1. The number of hydrogen-bond acceptors (Lipinski definition) is 6. The molecule has 8 nitrogen and oxygen atoms in total. The van der Waals surface area contributed by atoms with Crippen LogP contribution in [-0.2, 0) is 11.2 Å². The summed E-state index contributed by atoms with van der Waals surface area (Å²) < 4.78 is 5.41. The lowest BCUT2D eigenvalue weighted by Crippen LogP contribution is -2.57. The molecule has 1 saturated heterocycles. The van der Waals surface area contributed by atoms with Crippen molar-refractivity contribution in [2.75, 3.05) is 31.1 Å². The van der Waals surface area contributed by atoms with Crippen LogP contribution in [0.15, 0.2) is 18.2 Å². The molecule has 0 saturated carbocycles. The number of nitro groups is 1. The maximum Gasteiger partial charge on any atom is 0.410 e. The van der Waals surface area contributed by atoms with E-state index in [-0.39, 0.29) is 23.3 Å². The van der Waals surface area contributed by atoms with Gasteiger partial charge in [-0.2, -0.15) is 0 Å². The Labute approximate surface area is 153 Å². The van der Waals surface area contributed by atoms with Gasteiger partial charge in [-0.3, -0.25) is 15.0 Å². The number of aliphatic hydroxyl groups is 1. The number of amides is 1. The van der Waals surface area contributed by atoms with E-state index in [1.54, 1.807) is 31.7 Å². The Bertz CT molecular complexity index is 671. The van der Waals surface area contributed by atoms with Gasteiger partial charge >= 0.3 is 6.09 Å². The third kappa shape index (κ3) is 4.63. The van der Waals surface area contributed by atoms with Gasteiger partial charge in [-0.05, 0) is 39.3 Å². The van der Waals surface area contributed by atoms with E-state index in [0.717, 1.165) is 5.69 Å². The molecule has 1 amide bonds. The van der Waals surface area contributed by atoms with Gasteiger partial charge in [0.1, 0.15) is 5.60 Å². The van der Waals surface area contributed by atoms with Crippen LogP contribution in [0.25, 0.3) is 0 Å². The number of anilines is 1. The quantitative estimate of drug-likeness (QED) is 0.651. The monoisotopic (exact) mass is 365 g/mol. The highest BCUT2D eigenvalue weighted by Gasteiger charge is 2.33. The molecule has 1 N–H and O–H groups in total. The third-order valence-electron chi connectivity index (χ3n) is 4.33. The molecule has 0 aromatic heterocycles. The normalized spacial score (nSPS) is 18.0. The molecular weight excluding hydrogens is 338 g/mol. The van der Waals surface area contributed by atoms with Crippen molar-refractivity contribution in [1.29, 1.82) is 0 Å². The summed E-state index contributed by atoms with van der Waals surface area (Å²) in [5.41, 5.74) is 1.04. The van der Waals surface area contributed by atoms with E-state index in [1.807, 2.05) is 17.9 Å². The van der Waals surface area contributed by atoms with E-state index in [1.165, 1.54) is 6.07 Å². The Morgan fingerprint density at radius 2 is 2.08 bits per heavy atom. The van der Waals surface area contributed by atoms with Gasteiger partial charge in [-0.25, -0.2) is 4.79 Å². The summed E-state index contributed by atoms with van der Waals surface area (Å²) in [6.45, 7) is 8.53. The zero-order valence-electron chi connectivity index (χ0n) is 15.8. The van der Waals surface area contributed by atoms with E-state index < -0.39 is 11.7 Å². The second kappa shape index (κ2) is 7.90. The summed E-state index contributed by atoms with van der Waals surface area (Å²) in [5.74, 6) is 0. The molecule has 2 rings (SSSR count). The number of aryl methyl sites for hydroxylation is 1. The summed E-state index contributed by atoms with van der Waals surface area (Å²) in [5, 5.41) is 20.8. The predicted octanol–water partition coefficient (Wildman–Crippen LogP) is 2.58. The Hall–Kier alpha value is -2.35. The molecule has 0 spiro atoms. The number of ether oxygens (including phenoxy) is 1. The van der Waals surface area contributed by atoms with Crippen molar-refractivity contribution in [3.63, 3.8) is 0 Å². The van der Waals surface area contributed by atoms with Gasteiger partial charge in [-0.1, -0.05) is 6.92 Å². The van der Waals surface area contributed by atoms with E-state index in [0.29, 0.717) is 31.6 Å². The molecule has 1 heterocycles. The third-order valence-corrected chi connectivity index (χ3v) is 4.33. The predicted molar refractivity (Wildman–Crippen MR) is 98.5 cm³/mol. The molecule has 0 unspecified atom stereocenters.